The topological polar surface area (TPSA) is 0 Å². The van der Waals surface area contributed by atoms with Gasteiger partial charge in [0.15, 0.2) is 0 Å². The third-order valence-electron chi connectivity index (χ3n) is 0. The Morgan fingerprint density at radius 2 is 0.800 bits per heavy atom. The van der Waals surface area contributed by atoms with Crippen molar-refractivity contribution in [3.05, 3.63) is 0 Å². The minimum absolute atomic E-state index is 1.18. The number of halogens is 4. The van der Waals surface area contributed by atoms with Crippen LogP contribution in [-0.2, 0) is 0.838 Å². The number of hydrogen-bond acceptors (Lipinski definition) is 0. The van der Waals surface area contributed by atoms with Crippen LogP contribution < -0.4 is 0 Å². The van der Waals surface area contributed by atoms with E-state index in [1.54, 1.807) is 0 Å². The summed E-state index contributed by atoms with van der Waals surface area (Å²) in [7, 11) is 0. The van der Waals surface area contributed by atoms with Crippen molar-refractivity contribution < 1.29 is 0.838 Å². The van der Waals surface area contributed by atoms with Crippen LogP contribution in [0.5, 0.6) is 0 Å². The van der Waals surface area contributed by atoms with Crippen LogP contribution in [0.25, 0.3) is 0 Å². The zero-order valence-electron chi connectivity index (χ0n) is 1.87. The van der Waals surface area contributed by atoms with E-state index >= 15 is 0 Å². The molecule has 0 aliphatic heterocycles. The summed E-state index contributed by atoms with van der Waals surface area (Å²) in [5, 5.41) is 0. The van der Waals surface area contributed by atoms with E-state index in [4.69, 9.17) is 0 Å². The zero-order valence-corrected chi connectivity index (χ0v) is 13.0. The summed E-state index contributed by atoms with van der Waals surface area (Å²) in [6.07, 6.45) is 0. The maximum absolute atomic E-state index is 2.53. The quantitative estimate of drug-likeness (QED) is 0.340. The van der Waals surface area contributed by atoms with E-state index in [1.807, 2.05) is 0 Å². The third kappa shape index (κ3) is 18.4. The molecule has 0 spiro atoms. The van der Waals surface area contributed by atoms with Gasteiger partial charge in [-0.25, -0.2) is 0 Å². The van der Waals surface area contributed by atoms with E-state index in [2.05, 4.69) is 78.7 Å². The fourth-order valence-corrected chi connectivity index (χ4v) is 0. The minimum atomic E-state index is -1.18. The van der Waals surface area contributed by atoms with Crippen molar-refractivity contribution in [3.63, 3.8) is 0 Å². The van der Waals surface area contributed by atoms with Crippen LogP contribution in [0.15, 0.2) is 0 Å². The van der Waals surface area contributed by atoms with E-state index in [1.165, 1.54) is 0 Å². The predicted octanol–water partition coefficient (Wildman–Crippen LogP) is 3.54. The molecular weight excluding hydrogens is 698 g/mol. The molecule has 0 N–H and O–H groups in total. The maximum atomic E-state index is 2.53. The van der Waals surface area contributed by atoms with Gasteiger partial charge in [0.2, 0.25) is 0 Å². The summed E-state index contributed by atoms with van der Waals surface area (Å²) >= 11 is 10.1. The molecule has 0 bridgehead atoms. The second-order valence-corrected chi connectivity index (χ2v) is 112. The molecule has 0 aromatic heterocycles. The molecule has 0 aromatic carbocycles. The summed E-state index contributed by atoms with van der Waals surface area (Å²) in [5.74, 6) is 0. The molecule has 5 heavy (non-hydrogen) atoms. The average molecular weight is 698 g/mol. The molecule has 0 nitrogen and oxygen atoms in total. The zero-order chi connectivity index (χ0) is 4.50. The Hall–Kier alpha value is 3.56. The van der Waals surface area contributed by atoms with Crippen LogP contribution >= 0.6 is 78.7 Å². The Labute approximate surface area is 77.0 Å². The molecule has 0 heterocycles. The molecule has 5 heteroatoms. The van der Waals surface area contributed by atoms with Crippen molar-refractivity contribution in [2.75, 3.05) is 0 Å². The van der Waals surface area contributed by atoms with Gasteiger partial charge in [-0.2, -0.15) is 0 Å². The molecule has 36 valence electrons. The molecular formula is I4Os. The van der Waals surface area contributed by atoms with E-state index in [-0.39, 0.29) is 0 Å². The fourth-order valence-electron chi connectivity index (χ4n) is 0. The van der Waals surface area contributed by atoms with Gasteiger partial charge in [-0.3, -0.25) is 0 Å². The van der Waals surface area contributed by atoms with Crippen LogP contribution in [0, 0.1) is 0 Å². The van der Waals surface area contributed by atoms with E-state index < -0.39 is 0.838 Å². The van der Waals surface area contributed by atoms with Crippen molar-refractivity contribution in [1.82, 2.24) is 0 Å². The van der Waals surface area contributed by atoms with Gasteiger partial charge in [0.05, 0.1) is 0 Å². The Bertz CT molecular complexity index is 19.1. The molecule has 0 radical (unpaired) electrons. The first-order valence-corrected chi connectivity index (χ1v) is 29.4. The van der Waals surface area contributed by atoms with Crippen molar-refractivity contribution in [3.8, 4) is 0 Å². The molecule has 0 atom stereocenters. The fraction of sp³-hybridized carbons (Fsp3) is 0. The summed E-state index contributed by atoms with van der Waals surface area (Å²) in [5.41, 5.74) is 0. The van der Waals surface area contributed by atoms with Gasteiger partial charge in [0, 0.05) is 0 Å². The van der Waals surface area contributed by atoms with Crippen molar-refractivity contribution in [2.24, 2.45) is 0 Å². The molecule has 0 fully saturated rings. The van der Waals surface area contributed by atoms with Gasteiger partial charge in [-0.05, 0) is 0 Å². The van der Waals surface area contributed by atoms with E-state index in [0.717, 1.165) is 0 Å². The van der Waals surface area contributed by atoms with Crippen LogP contribution in [-0.4, -0.2) is 0 Å². The van der Waals surface area contributed by atoms with E-state index in [0.29, 0.717) is 0 Å². The van der Waals surface area contributed by atoms with Crippen molar-refractivity contribution >= 4 is 78.7 Å². The monoisotopic (exact) mass is 700 g/mol. The van der Waals surface area contributed by atoms with Gasteiger partial charge >= 0.3 is 79.5 Å². The summed E-state index contributed by atoms with van der Waals surface area (Å²) < 4.78 is -1.18. The van der Waals surface area contributed by atoms with Gasteiger partial charge in [0.25, 0.3) is 0 Å². The van der Waals surface area contributed by atoms with Gasteiger partial charge in [0.1, 0.15) is 0 Å². The molecule has 0 rings (SSSR count). The van der Waals surface area contributed by atoms with Crippen molar-refractivity contribution in [2.45, 2.75) is 0 Å². The van der Waals surface area contributed by atoms with Gasteiger partial charge in [-0.15, -0.1) is 0 Å². The van der Waals surface area contributed by atoms with Crippen LogP contribution in [0.4, 0.5) is 0 Å². The Morgan fingerprint density at radius 1 is 0.800 bits per heavy atom. The predicted molar refractivity (Wildman–Crippen MR) is 56.1 cm³/mol. The van der Waals surface area contributed by atoms with Gasteiger partial charge < -0.3 is 0 Å². The summed E-state index contributed by atoms with van der Waals surface area (Å²) in [6.45, 7) is 0. The number of hydrogen-bond donors (Lipinski definition) is 0. The standard InChI is InChI=1S/4HI.Os/h4*1H;/q;;;;+4/p-4. The molecule has 0 aliphatic rings. The van der Waals surface area contributed by atoms with E-state index in [9.17, 15) is 0 Å². The SMILES string of the molecule is [I][Os]([I])([I])[I]. The average Bonchev–Trinajstić information content (AvgIpc) is 0.722. The first kappa shape index (κ1) is 8.56. The molecule has 0 aliphatic carbocycles. The third-order valence-corrected chi connectivity index (χ3v) is 0. The first-order valence-electron chi connectivity index (χ1n) is 0.535. The van der Waals surface area contributed by atoms with Crippen molar-refractivity contribution in [1.29, 1.82) is 0 Å². The molecule has 0 amide bonds. The second kappa shape index (κ2) is 3.56. The van der Waals surface area contributed by atoms with Crippen LogP contribution in [0.1, 0.15) is 0 Å². The molecule has 0 saturated carbocycles. The summed E-state index contributed by atoms with van der Waals surface area (Å²) in [6, 6.07) is 0. The Kier molecular flexibility index (Phi) is 6.09. The van der Waals surface area contributed by atoms with Gasteiger partial charge in [-0.1, -0.05) is 0 Å². The molecule has 0 aromatic rings. The Balaban J connectivity index is 3.02. The van der Waals surface area contributed by atoms with Crippen LogP contribution in [0.2, 0.25) is 0 Å². The molecule has 0 saturated heterocycles. The normalized spacial score (nSPS) is 15.2. The first-order chi connectivity index (χ1) is 2.00. The van der Waals surface area contributed by atoms with Crippen LogP contribution in [0.3, 0.4) is 0 Å². The molecule has 0 unspecified atom stereocenters. The second-order valence-electron chi connectivity index (χ2n) is 0.303. The Morgan fingerprint density at radius 3 is 0.800 bits per heavy atom. The number of rotatable bonds is 0. The summed E-state index contributed by atoms with van der Waals surface area (Å²) in [4.78, 5) is 0.